The van der Waals surface area contributed by atoms with Gasteiger partial charge >= 0.3 is 0 Å². The van der Waals surface area contributed by atoms with Crippen molar-refractivity contribution in [3.8, 4) is 0 Å². The molecule has 0 saturated heterocycles. The third-order valence-corrected chi connectivity index (χ3v) is 3.91. The minimum Gasteiger partial charge on any atom is -0.348 e. The minimum atomic E-state index is -0.247. The predicted octanol–water partition coefficient (Wildman–Crippen LogP) is 4.69. The van der Waals surface area contributed by atoms with Gasteiger partial charge in [-0.05, 0) is 29.8 Å². The summed E-state index contributed by atoms with van der Waals surface area (Å²) < 4.78 is 0.951. The van der Waals surface area contributed by atoms with Gasteiger partial charge < -0.3 is 5.32 Å². The van der Waals surface area contributed by atoms with E-state index < -0.39 is 0 Å². The van der Waals surface area contributed by atoms with E-state index in [2.05, 4.69) is 21.2 Å². The number of amides is 1. The zero-order chi connectivity index (χ0) is 13.8. The van der Waals surface area contributed by atoms with E-state index in [0.717, 1.165) is 10.0 Å². The average molecular weight is 359 g/mol. The number of hydrogen-bond acceptors (Lipinski definition) is 1. The highest BCUT2D eigenvalue weighted by Crippen LogP contribution is 2.21. The van der Waals surface area contributed by atoms with E-state index in [-0.39, 0.29) is 5.91 Å². The number of halogens is 3. The summed E-state index contributed by atoms with van der Waals surface area (Å²) in [7, 11) is 0. The van der Waals surface area contributed by atoms with E-state index in [1.807, 2.05) is 24.3 Å². The lowest BCUT2D eigenvalue weighted by Gasteiger charge is -2.08. The first-order chi connectivity index (χ1) is 9.08. The quantitative estimate of drug-likeness (QED) is 0.847. The average Bonchev–Trinajstić information content (AvgIpc) is 2.40. The van der Waals surface area contributed by atoms with Crippen molar-refractivity contribution in [2.75, 3.05) is 0 Å². The van der Waals surface area contributed by atoms with Crippen LogP contribution in [-0.4, -0.2) is 5.91 Å². The molecule has 0 heterocycles. The summed E-state index contributed by atoms with van der Waals surface area (Å²) in [6.45, 7) is 0.420. The SMILES string of the molecule is O=C(NCc1ccccc1Br)c1cc(Cl)ccc1Cl. The minimum absolute atomic E-state index is 0.247. The summed E-state index contributed by atoms with van der Waals surface area (Å²) in [5.41, 5.74) is 1.37. The van der Waals surface area contributed by atoms with Gasteiger partial charge in [0.25, 0.3) is 5.91 Å². The topological polar surface area (TPSA) is 29.1 Å². The van der Waals surface area contributed by atoms with Gasteiger partial charge in [0.2, 0.25) is 0 Å². The van der Waals surface area contributed by atoms with E-state index in [9.17, 15) is 4.79 Å². The van der Waals surface area contributed by atoms with Gasteiger partial charge in [0.1, 0.15) is 0 Å². The lowest BCUT2D eigenvalue weighted by atomic mass is 10.2. The molecule has 0 aromatic heterocycles. The van der Waals surface area contributed by atoms with Crippen LogP contribution in [0.1, 0.15) is 15.9 Å². The molecule has 0 bridgehead atoms. The van der Waals surface area contributed by atoms with Crippen LogP contribution in [0.5, 0.6) is 0 Å². The smallest absolute Gasteiger partial charge is 0.253 e. The molecule has 0 saturated carbocycles. The van der Waals surface area contributed by atoms with Gasteiger partial charge in [-0.2, -0.15) is 0 Å². The molecule has 0 fully saturated rings. The van der Waals surface area contributed by atoms with Crippen molar-refractivity contribution in [3.05, 3.63) is 68.1 Å². The molecule has 0 aliphatic rings. The second-order valence-corrected chi connectivity index (χ2v) is 5.60. The number of hydrogen-bond donors (Lipinski definition) is 1. The van der Waals surface area contributed by atoms with Crippen LogP contribution in [0.3, 0.4) is 0 Å². The summed E-state index contributed by atoms with van der Waals surface area (Å²) in [4.78, 5) is 12.0. The molecule has 19 heavy (non-hydrogen) atoms. The van der Waals surface area contributed by atoms with Gasteiger partial charge in [0.05, 0.1) is 10.6 Å². The molecule has 0 aliphatic heterocycles. The van der Waals surface area contributed by atoms with Gasteiger partial charge in [-0.25, -0.2) is 0 Å². The molecule has 0 unspecified atom stereocenters. The Labute approximate surface area is 129 Å². The van der Waals surface area contributed by atoms with E-state index in [1.165, 1.54) is 0 Å². The summed E-state index contributed by atoms with van der Waals surface area (Å²) >= 11 is 15.3. The van der Waals surface area contributed by atoms with E-state index in [4.69, 9.17) is 23.2 Å². The van der Waals surface area contributed by atoms with Crippen LogP contribution < -0.4 is 5.32 Å². The lowest BCUT2D eigenvalue weighted by Crippen LogP contribution is -2.23. The number of nitrogens with one attached hydrogen (secondary N) is 1. The second-order valence-electron chi connectivity index (χ2n) is 3.90. The molecule has 1 N–H and O–H groups in total. The largest absolute Gasteiger partial charge is 0.348 e. The molecule has 0 aliphatic carbocycles. The summed E-state index contributed by atoms with van der Waals surface area (Å²) in [6.07, 6.45) is 0. The molecular formula is C14H10BrCl2NO. The van der Waals surface area contributed by atoms with Crippen molar-refractivity contribution in [1.82, 2.24) is 5.32 Å². The van der Waals surface area contributed by atoms with Crippen molar-refractivity contribution in [1.29, 1.82) is 0 Å². The molecule has 0 atom stereocenters. The standard InChI is InChI=1S/C14H10BrCl2NO/c15-12-4-2-1-3-9(12)8-18-14(19)11-7-10(16)5-6-13(11)17/h1-7H,8H2,(H,18,19). The van der Waals surface area contributed by atoms with Crippen molar-refractivity contribution in [3.63, 3.8) is 0 Å². The number of carbonyl (C=O) groups is 1. The number of carbonyl (C=O) groups excluding carboxylic acids is 1. The van der Waals surface area contributed by atoms with Crippen LogP contribution in [0.2, 0.25) is 10.0 Å². The van der Waals surface area contributed by atoms with Crippen molar-refractivity contribution in [2.45, 2.75) is 6.54 Å². The Hall–Kier alpha value is -1.03. The van der Waals surface area contributed by atoms with Crippen LogP contribution >= 0.6 is 39.1 Å². The molecule has 2 aromatic carbocycles. The molecular weight excluding hydrogens is 349 g/mol. The zero-order valence-corrected chi connectivity index (χ0v) is 12.9. The molecule has 0 spiro atoms. The van der Waals surface area contributed by atoms with Gasteiger partial charge in [0.15, 0.2) is 0 Å². The van der Waals surface area contributed by atoms with Crippen LogP contribution in [0.15, 0.2) is 46.9 Å². The fourth-order valence-corrected chi connectivity index (χ4v) is 2.38. The fraction of sp³-hybridized carbons (Fsp3) is 0.0714. The maximum atomic E-state index is 12.0. The van der Waals surface area contributed by atoms with Crippen molar-refractivity contribution < 1.29 is 4.79 Å². The summed E-state index contributed by atoms with van der Waals surface area (Å²) in [5, 5.41) is 3.68. The monoisotopic (exact) mass is 357 g/mol. The van der Waals surface area contributed by atoms with E-state index >= 15 is 0 Å². The van der Waals surface area contributed by atoms with E-state index in [1.54, 1.807) is 18.2 Å². The van der Waals surface area contributed by atoms with Gasteiger partial charge in [0, 0.05) is 16.0 Å². The fourth-order valence-electron chi connectivity index (χ4n) is 1.58. The maximum absolute atomic E-state index is 12.0. The normalized spacial score (nSPS) is 10.3. The highest BCUT2D eigenvalue weighted by atomic mass is 79.9. The Morgan fingerprint density at radius 1 is 1.16 bits per heavy atom. The highest BCUT2D eigenvalue weighted by molar-refractivity contribution is 9.10. The maximum Gasteiger partial charge on any atom is 0.253 e. The zero-order valence-electron chi connectivity index (χ0n) is 9.79. The Morgan fingerprint density at radius 2 is 1.89 bits per heavy atom. The van der Waals surface area contributed by atoms with Gasteiger partial charge in [-0.1, -0.05) is 57.3 Å². The highest BCUT2D eigenvalue weighted by Gasteiger charge is 2.11. The van der Waals surface area contributed by atoms with Crippen LogP contribution in [0, 0.1) is 0 Å². The van der Waals surface area contributed by atoms with Gasteiger partial charge in [-0.3, -0.25) is 4.79 Å². The molecule has 2 nitrogen and oxygen atoms in total. The molecule has 1 amide bonds. The van der Waals surface area contributed by atoms with Gasteiger partial charge in [-0.15, -0.1) is 0 Å². The molecule has 0 radical (unpaired) electrons. The first kappa shape index (κ1) is 14.4. The van der Waals surface area contributed by atoms with Crippen LogP contribution in [0.4, 0.5) is 0 Å². The Kier molecular flexibility index (Phi) is 4.86. The van der Waals surface area contributed by atoms with Crippen LogP contribution in [-0.2, 0) is 6.54 Å². The summed E-state index contributed by atoms with van der Waals surface area (Å²) in [5.74, 6) is -0.247. The van der Waals surface area contributed by atoms with Crippen molar-refractivity contribution >= 4 is 45.0 Å². The Bertz CT molecular complexity index is 616. The third-order valence-electron chi connectivity index (χ3n) is 2.57. The lowest BCUT2D eigenvalue weighted by molar-refractivity contribution is 0.0951. The van der Waals surface area contributed by atoms with E-state index in [0.29, 0.717) is 22.2 Å². The molecule has 2 rings (SSSR count). The first-order valence-electron chi connectivity index (χ1n) is 5.54. The Balaban J connectivity index is 2.10. The molecule has 2 aromatic rings. The number of rotatable bonds is 3. The molecule has 5 heteroatoms. The molecule has 98 valence electrons. The predicted molar refractivity (Wildman–Crippen MR) is 81.8 cm³/mol. The first-order valence-corrected chi connectivity index (χ1v) is 7.09. The third kappa shape index (κ3) is 3.72. The number of benzene rings is 2. The van der Waals surface area contributed by atoms with Crippen molar-refractivity contribution in [2.24, 2.45) is 0 Å². The van der Waals surface area contributed by atoms with Crippen LogP contribution in [0.25, 0.3) is 0 Å². The Morgan fingerprint density at radius 3 is 2.63 bits per heavy atom. The summed E-state index contributed by atoms with van der Waals surface area (Å²) in [6, 6.07) is 12.5. The second kappa shape index (κ2) is 6.42.